The monoisotopic (exact) mass is 258 g/mol. The molecule has 0 aliphatic heterocycles. The van der Waals surface area contributed by atoms with Crippen molar-refractivity contribution in [1.29, 1.82) is 0 Å². The summed E-state index contributed by atoms with van der Waals surface area (Å²) in [5.74, 6) is 0.00324. The summed E-state index contributed by atoms with van der Waals surface area (Å²) in [6, 6.07) is 5.02. The summed E-state index contributed by atoms with van der Waals surface area (Å²) >= 11 is 3.20. The molecule has 4 nitrogen and oxygen atoms in total. The van der Waals surface area contributed by atoms with Gasteiger partial charge in [-0.15, -0.1) is 0 Å². The first-order valence-electron chi connectivity index (χ1n) is 4.20. The van der Waals surface area contributed by atoms with Gasteiger partial charge in [-0.1, -0.05) is 28.9 Å². The van der Waals surface area contributed by atoms with Gasteiger partial charge in [0.25, 0.3) is 5.69 Å². The van der Waals surface area contributed by atoms with Crippen molar-refractivity contribution in [2.24, 2.45) is 5.73 Å². The second-order valence-corrected chi connectivity index (χ2v) is 4.01. The molecular weight excluding hydrogens is 248 g/mol. The average Bonchev–Trinajstić information content (AvgIpc) is 2.16. The highest BCUT2D eigenvalue weighted by Crippen LogP contribution is 2.28. The molecule has 14 heavy (non-hydrogen) atoms. The van der Waals surface area contributed by atoms with E-state index < -0.39 is 0 Å². The predicted octanol–water partition coefficient (Wildman–Crippen LogP) is 2.42. The van der Waals surface area contributed by atoms with E-state index >= 15 is 0 Å². The van der Waals surface area contributed by atoms with Gasteiger partial charge in [-0.05, 0) is 12.6 Å². The fraction of sp³-hybridized carbons (Fsp3) is 0.333. The second kappa shape index (κ2) is 4.52. The molecule has 0 spiro atoms. The van der Waals surface area contributed by atoms with E-state index in [4.69, 9.17) is 5.73 Å². The Balaban J connectivity index is 3.21. The summed E-state index contributed by atoms with van der Waals surface area (Å²) < 4.78 is 0.706. The summed E-state index contributed by atoms with van der Waals surface area (Å²) in [6.45, 7) is 2.28. The smallest absolute Gasteiger partial charge is 0.274 e. The van der Waals surface area contributed by atoms with Gasteiger partial charge in [-0.25, -0.2) is 0 Å². The summed E-state index contributed by atoms with van der Waals surface area (Å²) in [6.07, 6.45) is 0. The summed E-state index contributed by atoms with van der Waals surface area (Å²) in [5.41, 5.74) is 6.28. The Morgan fingerprint density at radius 1 is 1.64 bits per heavy atom. The minimum absolute atomic E-state index is 0.00324. The van der Waals surface area contributed by atoms with Crippen LogP contribution in [0.1, 0.15) is 18.4 Å². The van der Waals surface area contributed by atoms with Crippen molar-refractivity contribution in [3.05, 3.63) is 38.3 Å². The zero-order chi connectivity index (χ0) is 10.7. The van der Waals surface area contributed by atoms with E-state index in [2.05, 4.69) is 15.9 Å². The molecule has 0 heterocycles. The topological polar surface area (TPSA) is 69.2 Å². The van der Waals surface area contributed by atoms with Gasteiger partial charge in [-0.3, -0.25) is 10.1 Å². The van der Waals surface area contributed by atoms with E-state index in [1.807, 2.05) is 6.92 Å². The van der Waals surface area contributed by atoms with Crippen LogP contribution in [0.3, 0.4) is 0 Å². The van der Waals surface area contributed by atoms with Gasteiger partial charge >= 0.3 is 0 Å². The number of hydrogen-bond donors (Lipinski definition) is 1. The van der Waals surface area contributed by atoms with E-state index in [0.29, 0.717) is 16.6 Å². The molecule has 1 atom stereocenters. The molecule has 0 bridgehead atoms. The van der Waals surface area contributed by atoms with Crippen molar-refractivity contribution in [3.63, 3.8) is 0 Å². The highest BCUT2D eigenvalue weighted by Gasteiger charge is 2.17. The molecular formula is C9H11BrN2O2. The first-order chi connectivity index (χ1) is 6.56. The zero-order valence-corrected chi connectivity index (χ0v) is 9.32. The van der Waals surface area contributed by atoms with Crippen LogP contribution in [0.4, 0.5) is 5.69 Å². The van der Waals surface area contributed by atoms with Gasteiger partial charge in [0.1, 0.15) is 0 Å². The third kappa shape index (κ3) is 2.30. The summed E-state index contributed by atoms with van der Waals surface area (Å²) in [7, 11) is 0. The molecule has 0 aromatic heterocycles. The Hall–Kier alpha value is -0.940. The minimum atomic E-state index is -0.383. The maximum absolute atomic E-state index is 10.7. The first-order valence-corrected chi connectivity index (χ1v) is 4.99. The van der Waals surface area contributed by atoms with E-state index in [9.17, 15) is 10.1 Å². The predicted molar refractivity (Wildman–Crippen MR) is 58.3 cm³/mol. The molecule has 76 valence electrons. The van der Waals surface area contributed by atoms with Gasteiger partial charge in [0.2, 0.25) is 0 Å². The van der Waals surface area contributed by atoms with Crippen molar-refractivity contribution < 1.29 is 4.92 Å². The molecule has 2 N–H and O–H groups in total. The number of nitrogens with zero attached hydrogens (tertiary/aromatic N) is 1. The highest BCUT2D eigenvalue weighted by molar-refractivity contribution is 9.10. The molecule has 0 saturated heterocycles. The molecule has 1 aromatic rings. The number of rotatable bonds is 3. The van der Waals surface area contributed by atoms with Crippen molar-refractivity contribution in [3.8, 4) is 0 Å². The van der Waals surface area contributed by atoms with Crippen LogP contribution in [0.2, 0.25) is 0 Å². The Morgan fingerprint density at radius 3 is 2.79 bits per heavy atom. The normalized spacial score (nSPS) is 12.5. The van der Waals surface area contributed by atoms with E-state index in [0.717, 1.165) is 0 Å². The third-order valence-corrected chi connectivity index (χ3v) is 2.57. The molecule has 0 radical (unpaired) electrons. The molecule has 0 amide bonds. The fourth-order valence-corrected chi connectivity index (χ4v) is 1.57. The molecule has 1 aromatic carbocycles. The van der Waals surface area contributed by atoms with E-state index in [-0.39, 0.29) is 16.5 Å². The zero-order valence-electron chi connectivity index (χ0n) is 7.74. The van der Waals surface area contributed by atoms with Crippen LogP contribution in [0.5, 0.6) is 0 Å². The highest BCUT2D eigenvalue weighted by atomic mass is 79.9. The number of nitro groups is 1. The van der Waals surface area contributed by atoms with Crippen LogP contribution in [-0.4, -0.2) is 11.5 Å². The number of benzene rings is 1. The largest absolute Gasteiger partial charge is 0.330 e. The van der Waals surface area contributed by atoms with Crippen molar-refractivity contribution in [2.75, 3.05) is 6.54 Å². The first kappa shape index (κ1) is 11.1. The summed E-state index contributed by atoms with van der Waals surface area (Å²) in [4.78, 5) is 10.4. The Morgan fingerprint density at radius 2 is 2.29 bits per heavy atom. The van der Waals surface area contributed by atoms with E-state index in [1.54, 1.807) is 12.1 Å². The molecule has 0 aliphatic carbocycles. The number of hydrogen-bond acceptors (Lipinski definition) is 3. The molecule has 1 unspecified atom stereocenters. The standard InChI is InChI=1S/C9H11BrN2O2/c1-6(5-11)8-3-2-7(10)4-9(8)12(13)14/h2-4,6H,5,11H2,1H3. The van der Waals surface area contributed by atoms with Gasteiger partial charge in [0.05, 0.1) is 4.92 Å². The Labute approximate surface area is 90.4 Å². The lowest BCUT2D eigenvalue weighted by Crippen LogP contribution is -2.10. The average molecular weight is 259 g/mol. The fourth-order valence-electron chi connectivity index (χ4n) is 1.22. The van der Waals surface area contributed by atoms with Crippen molar-refractivity contribution >= 4 is 21.6 Å². The molecule has 0 aliphatic rings. The van der Waals surface area contributed by atoms with Crippen LogP contribution in [0, 0.1) is 10.1 Å². The van der Waals surface area contributed by atoms with Crippen LogP contribution in [0.15, 0.2) is 22.7 Å². The molecule has 5 heteroatoms. The van der Waals surface area contributed by atoms with Crippen molar-refractivity contribution in [2.45, 2.75) is 12.8 Å². The van der Waals surface area contributed by atoms with Crippen molar-refractivity contribution in [1.82, 2.24) is 0 Å². The Kier molecular flexibility index (Phi) is 3.60. The number of nitro benzene ring substituents is 1. The Bertz CT molecular complexity index is 355. The lowest BCUT2D eigenvalue weighted by Gasteiger charge is -2.09. The SMILES string of the molecule is CC(CN)c1ccc(Br)cc1[N+](=O)[O-]. The quantitative estimate of drug-likeness (QED) is 0.669. The summed E-state index contributed by atoms with van der Waals surface area (Å²) in [5, 5.41) is 10.7. The van der Waals surface area contributed by atoms with Gasteiger partial charge in [0, 0.05) is 22.0 Å². The van der Waals surface area contributed by atoms with Gasteiger partial charge in [0.15, 0.2) is 0 Å². The third-order valence-electron chi connectivity index (χ3n) is 2.07. The minimum Gasteiger partial charge on any atom is -0.330 e. The maximum Gasteiger partial charge on any atom is 0.274 e. The van der Waals surface area contributed by atoms with Crippen LogP contribution in [-0.2, 0) is 0 Å². The van der Waals surface area contributed by atoms with E-state index in [1.165, 1.54) is 6.07 Å². The number of nitrogens with two attached hydrogens (primary N) is 1. The maximum atomic E-state index is 10.7. The molecule has 0 saturated carbocycles. The van der Waals surface area contributed by atoms with Gasteiger partial charge in [-0.2, -0.15) is 0 Å². The van der Waals surface area contributed by atoms with Gasteiger partial charge < -0.3 is 5.73 Å². The lowest BCUT2D eigenvalue weighted by atomic mass is 10.00. The molecule has 0 fully saturated rings. The number of halogens is 1. The van der Waals surface area contributed by atoms with Crippen LogP contribution < -0.4 is 5.73 Å². The second-order valence-electron chi connectivity index (χ2n) is 3.10. The lowest BCUT2D eigenvalue weighted by molar-refractivity contribution is -0.385. The molecule has 1 rings (SSSR count). The van der Waals surface area contributed by atoms with Crippen LogP contribution in [0.25, 0.3) is 0 Å². The van der Waals surface area contributed by atoms with Crippen LogP contribution >= 0.6 is 15.9 Å².